The van der Waals surface area contributed by atoms with Gasteiger partial charge >= 0.3 is 6.18 Å². The van der Waals surface area contributed by atoms with E-state index >= 15 is 0 Å². The van der Waals surface area contributed by atoms with E-state index in [1.54, 1.807) is 25.1 Å². The van der Waals surface area contributed by atoms with Crippen molar-refractivity contribution in [3.05, 3.63) is 89.0 Å². The van der Waals surface area contributed by atoms with Crippen molar-refractivity contribution >= 4 is 27.8 Å². The lowest BCUT2D eigenvalue weighted by atomic mass is 9.96. The van der Waals surface area contributed by atoms with E-state index < -0.39 is 18.0 Å². The number of nitrogens with one attached hydrogen (secondary N) is 1. The number of benzene rings is 1. The summed E-state index contributed by atoms with van der Waals surface area (Å²) in [4.78, 5) is 16.6. The van der Waals surface area contributed by atoms with Gasteiger partial charge in [-0.3, -0.25) is 4.98 Å². The molecular weight excluding hydrogens is 476 g/mol. The average Bonchev–Trinajstić information content (AvgIpc) is 2.83. The molecule has 11 heteroatoms. The van der Waals surface area contributed by atoms with Gasteiger partial charge in [0.2, 0.25) is 0 Å². The number of nitrogens with zero attached hydrogens (tertiary/aromatic N) is 5. The molecule has 1 atom stereocenters. The minimum Gasteiger partial charge on any atom is -0.619 e. The number of anilines is 1. The highest BCUT2D eigenvalue weighted by Crippen LogP contribution is 2.41. The van der Waals surface area contributed by atoms with Gasteiger partial charge in [0.1, 0.15) is 17.7 Å². The standard InChI is InChI=1S/C25H18F4N6O/c1-13-8-16(11-35(36)10-13)21-17(9-15-5-6-18(26)14(2)20(15)33-21)23(25(27,28)29)34-24-22-19(31-12-32-24)4-3-7-30-22/h3-12,23H,1-2H3,(H,31,32,34)/t23-/m1/s1. The molecule has 0 radical (unpaired) electrons. The minimum atomic E-state index is -4.80. The summed E-state index contributed by atoms with van der Waals surface area (Å²) in [6.45, 7) is 3.14. The van der Waals surface area contributed by atoms with E-state index in [9.17, 15) is 22.8 Å². The Balaban J connectivity index is 1.78. The van der Waals surface area contributed by atoms with Crippen LogP contribution >= 0.6 is 0 Å². The van der Waals surface area contributed by atoms with Crippen LogP contribution in [0.5, 0.6) is 0 Å². The van der Waals surface area contributed by atoms with E-state index in [4.69, 9.17) is 0 Å². The van der Waals surface area contributed by atoms with Crippen LogP contribution in [-0.2, 0) is 0 Å². The summed E-state index contributed by atoms with van der Waals surface area (Å²) in [7, 11) is 0. The van der Waals surface area contributed by atoms with Gasteiger partial charge in [-0.05, 0) is 50.2 Å². The Morgan fingerprint density at radius 1 is 1.00 bits per heavy atom. The van der Waals surface area contributed by atoms with Gasteiger partial charge in [-0.1, -0.05) is 0 Å². The van der Waals surface area contributed by atoms with Crippen molar-refractivity contribution in [3.8, 4) is 11.3 Å². The number of aromatic nitrogens is 5. The molecule has 4 heterocycles. The first-order chi connectivity index (χ1) is 17.1. The van der Waals surface area contributed by atoms with Gasteiger partial charge in [0.05, 0.1) is 22.3 Å². The number of pyridine rings is 3. The molecule has 0 saturated carbocycles. The van der Waals surface area contributed by atoms with Crippen molar-refractivity contribution in [1.29, 1.82) is 0 Å². The van der Waals surface area contributed by atoms with Crippen molar-refractivity contribution in [2.45, 2.75) is 26.1 Å². The summed E-state index contributed by atoms with van der Waals surface area (Å²) >= 11 is 0. The summed E-state index contributed by atoms with van der Waals surface area (Å²) < 4.78 is 58.6. The smallest absolute Gasteiger partial charge is 0.412 e. The van der Waals surface area contributed by atoms with Gasteiger partial charge in [0, 0.05) is 28.3 Å². The van der Waals surface area contributed by atoms with Crippen LogP contribution in [-0.4, -0.2) is 26.1 Å². The van der Waals surface area contributed by atoms with Crippen LogP contribution in [0.2, 0.25) is 0 Å². The fourth-order valence-electron chi connectivity index (χ4n) is 4.12. The normalized spacial score (nSPS) is 12.7. The molecule has 36 heavy (non-hydrogen) atoms. The molecule has 0 fully saturated rings. The maximum absolute atomic E-state index is 14.6. The van der Waals surface area contributed by atoms with Crippen LogP contribution < -0.4 is 10.0 Å². The van der Waals surface area contributed by atoms with E-state index in [1.807, 2.05) is 0 Å². The van der Waals surface area contributed by atoms with Crippen molar-refractivity contribution in [2.75, 3.05) is 5.32 Å². The summed E-state index contributed by atoms with van der Waals surface area (Å²) in [6.07, 6.45) is 0.191. The topological polar surface area (TPSA) is 90.5 Å². The number of hydrogen-bond acceptors (Lipinski definition) is 6. The number of halogens is 4. The van der Waals surface area contributed by atoms with E-state index in [2.05, 4.69) is 25.3 Å². The second-order valence-corrected chi connectivity index (χ2v) is 8.34. The first kappa shape index (κ1) is 23.3. The average molecular weight is 494 g/mol. The van der Waals surface area contributed by atoms with Gasteiger partial charge in [0.25, 0.3) is 0 Å². The lowest BCUT2D eigenvalue weighted by molar-refractivity contribution is -0.605. The van der Waals surface area contributed by atoms with Crippen LogP contribution in [0.1, 0.15) is 22.7 Å². The molecule has 0 amide bonds. The molecule has 1 aromatic carbocycles. The molecule has 0 aliphatic heterocycles. The fraction of sp³-hybridized carbons (Fsp3) is 0.160. The summed E-state index contributed by atoms with van der Waals surface area (Å²) in [5, 5.41) is 14.9. The van der Waals surface area contributed by atoms with Gasteiger partial charge < -0.3 is 10.5 Å². The van der Waals surface area contributed by atoms with Crippen LogP contribution in [0.4, 0.5) is 23.4 Å². The van der Waals surface area contributed by atoms with Crippen LogP contribution in [0, 0.1) is 24.9 Å². The zero-order chi connectivity index (χ0) is 25.6. The molecule has 0 aliphatic rings. The third kappa shape index (κ3) is 4.23. The molecule has 0 saturated heterocycles. The predicted octanol–water partition coefficient (Wildman–Crippen LogP) is 5.34. The van der Waals surface area contributed by atoms with E-state index in [1.165, 1.54) is 37.5 Å². The van der Waals surface area contributed by atoms with Gasteiger partial charge in [-0.2, -0.15) is 17.9 Å². The summed E-state index contributed by atoms with van der Waals surface area (Å²) in [5.41, 5.74) is 1.23. The van der Waals surface area contributed by atoms with Gasteiger partial charge in [0.15, 0.2) is 24.3 Å². The van der Waals surface area contributed by atoms with Crippen molar-refractivity contribution in [1.82, 2.24) is 19.9 Å². The van der Waals surface area contributed by atoms with Crippen LogP contribution in [0.15, 0.2) is 61.3 Å². The van der Waals surface area contributed by atoms with Crippen molar-refractivity contribution < 1.29 is 22.3 Å². The number of alkyl halides is 3. The van der Waals surface area contributed by atoms with E-state index in [0.29, 0.717) is 21.2 Å². The van der Waals surface area contributed by atoms with Crippen molar-refractivity contribution in [2.24, 2.45) is 0 Å². The number of hydrogen-bond donors (Lipinski definition) is 1. The van der Waals surface area contributed by atoms with Gasteiger partial charge in [-0.25, -0.2) is 19.3 Å². The molecule has 5 rings (SSSR count). The summed E-state index contributed by atoms with van der Waals surface area (Å²) in [5.74, 6) is -0.659. The maximum Gasteiger partial charge on any atom is 0.412 e. The third-order valence-electron chi connectivity index (χ3n) is 5.77. The molecular formula is C25H18F4N6O. The quantitative estimate of drug-likeness (QED) is 0.206. The maximum atomic E-state index is 14.6. The Kier molecular flexibility index (Phi) is 5.62. The van der Waals surface area contributed by atoms with Gasteiger partial charge in [-0.15, -0.1) is 0 Å². The zero-order valence-electron chi connectivity index (χ0n) is 19.0. The summed E-state index contributed by atoms with van der Waals surface area (Å²) in [6, 6.07) is 6.35. The molecule has 5 aromatic rings. The molecule has 7 nitrogen and oxygen atoms in total. The zero-order valence-corrected chi connectivity index (χ0v) is 19.0. The molecule has 0 bridgehead atoms. The number of fused-ring (bicyclic) bond motifs is 2. The molecule has 0 unspecified atom stereocenters. The van der Waals surface area contributed by atoms with E-state index in [0.717, 1.165) is 12.5 Å². The highest BCUT2D eigenvalue weighted by atomic mass is 19.4. The molecule has 182 valence electrons. The molecule has 4 aromatic heterocycles. The first-order valence-electron chi connectivity index (χ1n) is 10.8. The Hall–Kier alpha value is -4.41. The fourth-order valence-corrected chi connectivity index (χ4v) is 4.12. The predicted molar refractivity (Wildman–Crippen MR) is 125 cm³/mol. The minimum absolute atomic E-state index is 0.106. The first-order valence-corrected chi connectivity index (χ1v) is 10.8. The second-order valence-electron chi connectivity index (χ2n) is 8.34. The monoisotopic (exact) mass is 494 g/mol. The number of aryl methyl sites for hydroxylation is 2. The Morgan fingerprint density at radius 3 is 2.56 bits per heavy atom. The van der Waals surface area contributed by atoms with Crippen LogP contribution in [0.25, 0.3) is 33.2 Å². The largest absolute Gasteiger partial charge is 0.619 e. The highest BCUT2D eigenvalue weighted by molar-refractivity contribution is 5.87. The molecule has 0 aliphatic carbocycles. The molecule has 0 spiro atoms. The van der Waals surface area contributed by atoms with Crippen molar-refractivity contribution in [3.63, 3.8) is 0 Å². The lowest BCUT2D eigenvalue weighted by Gasteiger charge is -2.25. The lowest BCUT2D eigenvalue weighted by Crippen LogP contribution is -2.30. The molecule has 1 N–H and O–H groups in total. The SMILES string of the molecule is Cc1cc(-c2nc3c(C)c(F)ccc3cc2[C@@H](Nc2ncnc3cccnc23)C(F)(F)F)c[n+]([O-])c1. The Bertz CT molecular complexity index is 1600. The van der Waals surface area contributed by atoms with Crippen LogP contribution in [0.3, 0.4) is 0 Å². The second kappa shape index (κ2) is 8.67. The number of rotatable bonds is 4. The Morgan fingerprint density at radius 2 is 1.81 bits per heavy atom. The van der Waals surface area contributed by atoms with E-state index in [-0.39, 0.29) is 39.2 Å². The third-order valence-corrected chi connectivity index (χ3v) is 5.77. The highest BCUT2D eigenvalue weighted by Gasteiger charge is 2.43. The Labute approximate surface area is 202 Å².